The van der Waals surface area contributed by atoms with Crippen LogP contribution in [-0.4, -0.2) is 22.6 Å². The first-order valence-electron chi connectivity index (χ1n) is 6.62. The Hall–Kier alpha value is -2.02. The summed E-state index contributed by atoms with van der Waals surface area (Å²) < 4.78 is 13.5. The van der Waals surface area contributed by atoms with E-state index in [0.29, 0.717) is 27.8 Å². The number of aryl methyl sites for hydroxylation is 2. The van der Waals surface area contributed by atoms with Gasteiger partial charge in [0.05, 0.1) is 0 Å². The Labute approximate surface area is 126 Å². The largest absolute Gasteiger partial charge is 0.360 e. The zero-order chi connectivity index (χ0) is 15.4. The van der Waals surface area contributed by atoms with Gasteiger partial charge in [0.25, 0.3) is 5.91 Å². The van der Waals surface area contributed by atoms with Gasteiger partial charge in [-0.3, -0.25) is 4.79 Å². The van der Waals surface area contributed by atoms with Crippen LogP contribution in [0.2, 0.25) is 0 Å². The number of anilines is 1. The Balaban J connectivity index is 2.00. The van der Waals surface area contributed by atoms with Crippen molar-refractivity contribution in [3.8, 4) is 0 Å². The molecule has 0 radical (unpaired) electrons. The van der Waals surface area contributed by atoms with Crippen molar-refractivity contribution in [3.05, 3.63) is 39.6 Å². The molecule has 21 heavy (non-hydrogen) atoms. The zero-order valence-corrected chi connectivity index (χ0v) is 13.0. The Morgan fingerprint density at radius 3 is 2.57 bits per heavy atom. The summed E-state index contributed by atoms with van der Waals surface area (Å²) in [6.45, 7) is 6.42. The number of carbonyl (C=O) groups is 1. The molecule has 0 aliphatic rings. The molecular formula is C14H17FN4OS. The number of halogens is 1. The van der Waals surface area contributed by atoms with Crippen LogP contribution in [-0.2, 0) is 6.54 Å². The first-order valence-corrected chi connectivity index (χ1v) is 7.44. The van der Waals surface area contributed by atoms with Gasteiger partial charge in [-0.2, -0.15) is 0 Å². The van der Waals surface area contributed by atoms with Gasteiger partial charge in [-0.1, -0.05) is 23.5 Å². The predicted molar refractivity (Wildman–Crippen MR) is 81.1 cm³/mol. The molecule has 0 unspecified atom stereocenters. The number of aromatic nitrogens is 2. The van der Waals surface area contributed by atoms with E-state index in [0.717, 1.165) is 12.1 Å². The molecule has 1 aromatic heterocycles. The Kier molecular flexibility index (Phi) is 4.85. The Morgan fingerprint density at radius 2 is 1.95 bits per heavy atom. The van der Waals surface area contributed by atoms with Gasteiger partial charge in [0, 0.05) is 13.1 Å². The highest BCUT2D eigenvalue weighted by Gasteiger charge is 2.12. The minimum absolute atomic E-state index is 0.204. The fourth-order valence-corrected chi connectivity index (χ4v) is 2.66. The van der Waals surface area contributed by atoms with Crippen molar-refractivity contribution < 1.29 is 9.18 Å². The van der Waals surface area contributed by atoms with Gasteiger partial charge < -0.3 is 10.6 Å². The molecular weight excluding hydrogens is 291 g/mol. The van der Waals surface area contributed by atoms with Gasteiger partial charge in [-0.25, -0.2) is 4.39 Å². The number of carbonyl (C=O) groups excluding carboxylic acids is 1. The fourth-order valence-electron chi connectivity index (χ4n) is 1.93. The van der Waals surface area contributed by atoms with Gasteiger partial charge in [-0.15, -0.1) is 10.2 Å². The third kappa shape index (κ3) is 3.75. The molecule has 7 heteroatoms. The van der Waals surface area contributed by atoms with Gasteiger partial charge in [-0.05, 0) is 37.5 Å². The topological polar surface area (TPSA) is 66.9 Å². The molecule has 0 saturated heterocycles. The number of benzene rings is 1. The number of hydrogen-bond acceptors (Lipinski definition) is 5. The summed E-state index contributed by atoms with van der Waals surface area (Å²) in [6.07, 6.45) is 0. The molecule has 0 fully saturated rings. The van der Waals surface area contributed by atoms with Gasteiger partial charge in [0.15, 0.2) is 0 Å². The van der Waals surface area contributed by atoms with Gasteiger partial charge in [0.1, 0.15) is 5.82 Å². The minimum Gasteiger partial charge on any atom is -0.360 e. The van der Waals surface area contributed by atoms with E-state index in [2.05, 4.69) is 20.8 Å². The molecule has 0 bridgehead atoms. The second kappa shape index (κ2) is 6.62. The van der Waals surface area contributed by atoms with Crippen molar-refractivity contribution in [3.63, 3.8) is 0 Å². The molecule has 1 heterocycles. The van der Waals surface area contributed by atoms with Crippen LogP contribution in [0.4, 0.5) is 9.52 Å². The quantitative estimate of drug-likeness (QED) is 0.891. The Bertz CT molecular complexity index is 633. The van der Waals surface area contributed by atoms with Crippen LogP contribution < -0.4 is 10.6 Å². The van der Waals surface area contributed by atoms with E-state index < -0.39 is 0 Å². The number of nitrogens with zero attached hydrogens (tertiary/aromatic N) is 2. The summed E-state index contributed by atoms with van der Waals surface area (Å²) in [5.74, 6) is -0.485. The van der Waals surface area contributed by atoms with Crippen molar-refractivity contribution in [1.29, 1.82) is 0 Å². The molecule has 1 amide bonds. The summed E-state index contributed by atoms with van der Waals surface area (Å²) in [5, 5.41) is 14.4. The Morgan fingerprint density at radius 1 is 1.29 bits per heavy atom. The zero-order valence-electron chi connectivity index (χ0n) is 12.2. The van der Waals surface area contributed by atoms with Crippen LogP contribution in [0.3, 0.4) is 0 Å². The van der Waals surface area contributed by atoms with E-state index in [4.69, 9.17) is 0 Å². The van der Waals surface area contributed by atoms with Crippen molar-refractivity contribution in [2.45, 2.75) is 27.3 Å². The van der Waals surface area contributed by atoms with Crippen LogP contribution in [0.1, 0.15) is 33.4 Å². The highest BCUT2D eigenvalue weighted by Crippen LogP contribution is 2.16. The monoisotopic (exact) mass is 308 g/mol. The maximum absolute atomic E-state index is 13.5. The summed E-state index contributed by atoms with van der Waals surface area (Å²) in [7, 11) is 0. The predicted octanol–water partition coefficient (Wildman–Crippen LogP) is 2.66. The smallest absolute Gasteiger partial charge is 0.282 e. The molecule has 0 aliphatic carbocycles. The van der Waals surface area contributed by atoms with E-state index in [1.54, 1.807) is 26.0 Å². The lowest BCUT2D eigenvalue weighted by Crippen LogP contribution is -2.22. The van der Waals surface area contributed by atoms with Crippen molar-refractivity contribution in [2.75, 3.05) is 11.9 Å². The maximum atomic E-state index is 13.5. The highest BCUT2D eigenvalue weighted by molar-refractivity contribution is 7.17. The molecule has 2 aromatic rings. The molecule has 2 N–H and O–H groups in total. The number of nitrogens with one attached hydrogen (secondary N) is 2. The molecule has 1 aromatic carbocycles. The van der Waals surface area contributed by atoms with Crippen molar-refractivity contribution in [2.24, 2.45) is 0 Å². The van der Waals surface area contributed by atoms with E-state index >= 15 is 0 Å². The summed E-state index contributed by atoms with van der Waals surface area (Å²) in [5.41, 5.74) is 2.00. The highest BCUT2D eigenvalue weighted by atomic mass is 32.1. The van der Waals surface area contributed by atoms with Crippen molar-refractivity contribution in [1.82, 2.24) is 15.5 Å². The second-order valence-electron chi connectivity index (χ2n) is 4.67. The second-order valence-corrected chi connectivity index (χ2v) is 5.65. The van der Waals surface area contributed by atoms with Crippen LogP contribution >= 0.6 is 11.3 Å². The SMILES string of the molecule is CCNc1nnc(C(=O)NCc2cc(C)c(F)c(C)c2)s1. The molecule has 0 atom stereocenters. The lowest BCUT2D eigenvalue weighted by Gasteiger charge is -2.07. The standard InChI is InChI=1S/C14H17FN4OS/c1-4-16-14-19-18-13(21-14)12(20)17-7-10-5-8(2)11(15)9(3)6-10/h5-6H,4,7H2,1-3H3,(H,16,19)(H,17,20). The average molecular weight is 308 g/mol. The van der Waals surface area contributed by atoms with E-state index in [9.17, 15) is 9.18 Å². The number of amides is 1. The van der Waals surface area contributed by atoms with Crippen LogP contribution in [0, 0.1) is 19.7 Å². The van der Waals surface area contributed by atoms with Crippen LogP contribution in [0.15, 0.2) is 12.1 Å². The summed E-state index contributed by atoms with van der Waals surface area (Å²) in [4.78, 5) is 12.0. The lowest BCUT2D eigenvalue weighted by molar-refractivity contribution is 0.0950. The molecule has 0 spiro atoms. The number of hydrogen-bond donors (Lipinski definition) is 2. The molecule has 112 valence electrons. The first-order chi connectivity index (χ1) is 10.0. The third-order valence-corrected chi connectivity index (χ3v) is 3.78. The minimum atomic E-state index is -0.281. The molecule has 5 nitrogen and oxygen atoms in total. The van der Waals surface area contributed by atoms with Gasteiger partial charge in [0.2, 0.25) is 10.1 Å². The average Bonchev–Trinajstić information content (AvgIpc) is 2.91. The number of rotatable bonds is 5. The fraction of sp³-hybridized carbons (Fsp3) is 0.357. The first kappa shape index (κ1) is 15.4. The van der Waals surface area contributed by atoms with Crippen LogP contribution in [0.5, 0.6) is 0 Å². The van der Waals surface area contributed by atoms with E-state index in [1.807, 2.05) is 6.92 Å². The van der Waals surface area contributed by atoms with Crippen LogP contribution in [0.25, 0.3) is 0 Å². The van der Waals surface area contributed by atoms with E-state index in [1.165, 1.54) is 11.3 Å². The normalized spacial score (nSPS) is 10.5. The molecule has 0 aliphatic heterocycles. The van der Waals surface area contributed by atoms with E-state index in [-0.39, 0.29) is 11.7 Å². The van der Waals surface area contributed by atoms with Crippen molar-refractivity contribution >= 4 is 22.4 Å². The maximum Gasteiger partial charge on any atom is 0.282 e. The third-order valence-electron chi connectivity index (χ3n) is 2.90. The summed E-state index contributed by atoms with van der Waals surface area (Å²) >= 11 is 1.20. The lowest BCUT2D eigenvalue weighted by atomic mass is 10.1. The molecule has 0 saturated carbocycles. The summed E-state index contributed by atoms with van der Waals surface area (Å²) in [6, 6.07) is 3.46. The van der Waals surface area contributed by atoms with Gasteiger partial charge >= 0.3 is 0 Å². The molecule has 2 rings (SSSR count).